The van der Waals surface area contributed by atoms with Crippen molar-refractivity contribution in [1.82, 2.24) is 4.90 Å². The maximum atomic E-state index is 9.80. The van der Waals surface area contributed by atoms with E-state index < -0.39 is 0 Å². The zero-order valence-corrected chi connectivity index (χ0v) is 11.1. The number of hydrogen-bond donors (Lipinski definition) is 3. The van der Waals surface area contributed by atoms with Crippen LogP contribution in [0.1, 0.15) is 33.6 Å². The minimum atomic E-state index is -0.303. The highest BCUT2D eigenvalue weighted by Crippen LogP contribution is 2.23. The van der Waals surface area contributed by atoms with Crippen molar-refractivity contribution >= 4 is 5.84 Å². The van der Waals surface area contributed by atoms with Gasteiger partial charge in [-0.3, -0.25) is 0 Å². The highest BCUT2D eigenvalue weighted by Gasteiger charge is 2.28. The van der Waals surface area contributed by atoms with E-state index >= 15 is 0 Å². The van der Waals surface area contributed by atoms with E-state index in [0.29, 0.717) is 5.92 Å². The van der Waals surface area contributed by atoms with Crippen LogP contribution in [-0.4, -0.2) is 46.8 Å². The molecule has 1 heterocycles. The second-order valence-corrected chi connectivity index (χ2v) is 5.75. The fraction of sp³-hybridized carbons (Fsp3) is 0.917. The molecule has 1 aliphatic rings. The van der Waals surface area contributed by atoms with Crippen molar-refractivity contribution in [3.05, 3.63) is 0 Å². The topological polar surface area (TPSA) is 82.1 Å². The Hall–Kier alpha value is -0.810. The zero-order valence-electron chi connectivity index (χ0n) is 11.1. The van der Waals surface area contributed by atoms with Crippen LogP contribution in [0.15, 0.2) is 5.16 Å². The highest BCUT2D eigenvalue weighted by molar-refractivity contribution is 5.85. The molecule has 5 nitrogen and oxygen atoms in total. The lowest BCUT2D eigenvalue weighted by molar-refractivity contribution is 0.0265. The standard InChI is InChI=1S/C12H25N3O2/c1-9-4-6-15(8-10(9)16)7-5-12(2,3)11(13)14-17/h9-10,16-17H,4-8H2,1-3H3,(H2,13,14). The van der Waals surface area contributed by atoms with Crippen molar-refractivity contribution in [2.24, 2.45) is 22.2 Å². The fourth-order valence-corrected chi connectivity index (χ4v) is 2.02. The summed E-state index contributed by atoms with van der Waals surface area (Å²) in [6, 6.07) is 0. The van der Waals surface area contributed by atoms with Crippen molar-refractivity contribution in [3.63, 3.8) is 0 Å². The van der Waals surface area contributed by atoms with Crippen LogP contribution in [0.4, 0.5) is 0 Å². The fourth-order valence-electron chi connectivity index (χ4n) is 2.02. The second-order valence-electron chi connectivity index (χ2n) is 5.75. The Morgan fingerprint density at radius 2 is 2.18 bits per heavy atom. The number of piperidine rings is 1. The molecule has 0 spiro atoms. The van der Waals surface area contributed by atoms with Gasteiger partial charge in [-0.15, -0.1) is 0 Å². The van der Waals surface area contributed by atoms with Gasteiger partial charge in [0, 0.05) is 12.0 Å². The largest absolute Gasteiger partial charge is 0.409 e. The molecule has 1 aliphatic heterocycles. The molecule has 1 rings (SSSR count). The van der Waals surface area contributed by atoms with Crippen LogP contribution in [0, 0.1) is 11.3 Å². The number of β-amino-alcohol motifs (C(OH)–C–C–N with tert-alkyl or cyclic N) is 1. The average molecular weight is 243 g/mol. The molecule has 0 radical (unpaired) electrons. The van der Waals surface area contributed by atoms with Gasteiger partial charge in [0.2, 0.25) is 0 Å². The molecule has 1 saturated heterocycles. The van der Waals surface area contributed by atoms with Crippen LogP contribution < -0.4 is 5.73 Å². The maximum absolute atomic E-state index is 9.80. The van der Waals surface area contributed by atoms with E-state index in [0.717, 1.165) is 32.5 Å². The van der Waals surface area contributed by atoms with Crippen molar-refractivity contribution in [3.8, 4) is 0 Å². The summed E-state index contributed by atoms with van der Waals surface area (Å²) in [4.78, 5) is 2.25. The van der Waals surface area contributed by atoms with Crippen molar-refractivity contribution in [2.45, 2.75) is 39.7 Å². The molecule has 0 bridgehead atoms. The lowest BCUT2D eigenvalue weighted by Gasteiger charge is -2.36. The summed E-state index contributed by atoms with van der Waals surface area (Å²) in [5.41, 5.74) is 5.34. The number of nitrogens with two attached hydrogens (primary N) is 1. The predicted molar refractivity (Wildman–Crippen MR) is 68.0 cm³/mol. The molecule has 0 amide bonds. The number of likely N-dealkylation sites (tertiary alicyclic amines) is 1. The van der Waals surface area contributed by atoms with Crippen LogP contribution in [0.2, 0.25) is 0 Å². The Morgan fingerprint density at radius 3 is 2.71 bits per heavy atom. The lowest BCUT2D eigenvalue weighted by Crippen LogP contribution is -2.45. The van der Waals surface area contributed by atoms with E-state index in [1.165, 1.54) is 0 Å². The van der Waals surface area contributed by atoms with E-state index in [1.807, 2.05) is 13.8 Å². The minimum Gasteiger partial charge on any atom is -0.409 e. The van der Waals surface area contributed by atoms with Crippen LogP contribution in [0.3, 0.4) is 0 Å². The molecule has 2 atom stereocenters. The first-order valence-corrected chi connectivity index (χ1v) is 6.25. The summed E-state index contributed by atoms with van der Waals surface area (Å²) in [5, 5.41) is 21.6. The van der Waals surface area contributed by atoms with Crippen LogP contribution in [0.5, 0.6) is 0 Å². The van der Waals surface area contributed by atoms with Gasteiger partial charge in [0.15, 0.2) is 0 Å². The van der Waals surface area contributed by atoms with Gasteiger partial charge >= 0.3 is 0 Å². The number of rotatable bonds is 4. The maximum Gasteiger partial charge on any atom is 0.144 e. The van der Waals surface area contributed by atoms with Gasteiger partial charge in [0.1, 0.15) is 5.84 Å². The van der Waals surface area contributed by atoms with E-state index in [2.05, 4.69) is 17.0 Å². The Morgan fingerprint density at radius 1 is 1.53 bits per heavy atom. The molecular formula is C12H25N3O2. The van der Waals surface area contributed by atoms with Gasteiger partial charge in [-0.25, -0.2) is 0 Å². The third-order valence-electron chi connectivity index (χ3n) is 3.86. The van der Waals surface area contributed by atoms with E-state index in [9.17, 15) is 5.11 Å². The summed E-state index contributed by atoms with van der Waals surface area (Å²) in [6.45, 7) is 8.63. The molecule has 0 aromatic rings. The molecule has 2 unspecified atom stereocenters. The quantitative estimate of drug-likeness (QED) is 0.296. The van der Waals surface area contributed by atoms with Crippen molar-refractivity contribution in [2.75, 3.05) is 19.6 Å². The summed E-state index contributed by atoms with van der Waals surface area (Å²) in [7, 11) is 0. The molecule has 0 saturated carbocycles. The number of amidine groups is 1. The van der Waals surface area contributed by atoms with Crippen LogP contribution in [-0.2, 0) is 0 Å². The summed E-state index contributed by atoms with van der Waals surface area (Å²) >= 11 is 0. The molecule has 5 heteroatoms. The Bertz CT molecular complexity index is 279. The smallest absolute Gasteiger partial charge is 0.144 e. The van der Waals surface area contributed by atoms with Gasteiger partial charge < -0.3 is 20.9 Å². The summed E-state index contributed by atoms with van der Waals surface area (Å²) in [6.07, 6.45) is 1.63. The Balaban J connectivity index is 2.41. The second kappa shape index (κ2) is 5.69. The minimum absolute atomic E-state index is 0.226. The normalized spacial score (nSPS) is 28.4. The molecule has 0 aromatic heterocycles. The monoisotopic (exact) mass is 243 g/mol. The van der Waals surface area contributed by atoms with E-state index in [-0.39, 0.29) is 17.4 Å². The van der Waals surface area contributed by atoms with Crippen LogP contribution >= 0.6 is 0 Å². The SMILES string of the molecule is CC1CCN(CCC(C)(C)C(N)=NO)CC1O. The first kappa shape index (κ1) is 14.3. The third-order valence-corrected chi connectivity index (χ3v) is 3.86. The van der Waals surface area contributed by atoms with Crippen molar-refractivity contribution < 1.29 is 10.3 Å². The number of oxime groups is 1. The Kier molecular flexibility index (Phi) is 4.77. The van der Waals surface area contributed by atoms with Gasteiger partial charge in [-0.1, -0.05) is 25.9 Å². The molecule has 100 valence electrons. The van der Waals surface area contributed by atoms with Gasteiger partial charge in [-0.2, -0.15) is 0 Å². The van der Waals surface area contributed by atoms with E-state index in [4.69, 9.17) is 10.9 Å². The summed E-state index contributed by atoms with van der Waals surface area (Å²) in [5.74, 6) is 0.659. The van der Waals surface area contributed by atoms with Crippen LogP contribution in [0.25, 0.3) is 0 Å². The number of aliphatic hydroxyl groups excluding tert-OH is 1. The lowest BCUT2D eigenvalue weighted by atomic mass is 9.87. The first-order valence-electron chi connectivity index (χ1n) is 6.25. The van der Waals surface area contributed by atoms with Crippen molar-refractivity contribution in [1.29, 1.82) is 0 Å². The zero-order chi connectivity index (χ0) is 13.1. The number of aliphatic hydroxyl groups is 1. The molecule has 17 heavy (non-hydrogen) atoms. The molecule has 1 fully saturated rings. The van der Waals surface area contributed by atoms with Gasteiger partial charge in [-0.05, 0) is 31.8 Å². The van der Waals surface area contributed by atoms with Gasteiger partial charge in [0.05, 0.1) is 6.10 Å². The highest BCUT2D eigenvalue weighted by atomic mass is 16.4. The average Bonchev–Trinajstić information content (AvgIpc) is 2.29. The van der Waals surface area contributed by atoms with E-state index in [1.54, 1.807) is 0 Å². The molecule has 0 aliphatic carbocycles. The predicted octanol–water partition coefficient (Wildman–Crippen LogP) is 0.852. The molecular weight excluding hydrogens is 218 g/mol. The summed E-state index contributed by atoms with van der Waals surface area (Å²) < 4.78 is 0. The van der Waals surface area contributed by atoms with Gasteiger partial charge in [0.25, 0.3) is 0 Å². The molecule has 0 aromatic carbocycles. The Labute approximate surface area is 103 Å². The third kappa shape index (κ3) is 3.85. The first-order chi connectivity index (χ1) is 7.86. The molecule has 4 N–H and O–H groups in total. The number of hydrogen-bond acceptors (Lipinski definition) is 4. The number of nitrogens with zero attached hydrogens (tertiary/aromatic N) is 2.